The SMILES string of the molecule is O=C(/C=C/c1cccc([N+](=O)[O-])c1)NCC(F)(F)CO. The number of carbonyl (C=O) groups excluding carboxylic acids is 1. The molecule has 0 aliphatic heterocycles. The van der Waals surface area contributed by atoms with Gasteiger partial charge in [-0.05, 0) is 11.6 Å². The monoisotopic (exact) mass is 286 g/mol. The summed E-state index contributed by atoms with van der Waals surface area (Å²) in [5.41, 5.74) is 0.252. The van der Waals surface area contributed by atoms with Gasteiger partial charge in [0.05, 0.1) is 11.5 Å². The highest BCUT2D eigenvalue weighted by Gasteiger charge is 2.27. The molecular weight excluding hydrogens is 274 g/mol. The van der Waals surface area contributed by atoms with Crippen molar-refractivity contribution in [2.45, 2.75) is 5.92 Å². The molecule has 6 nitrogen and oxygen atoms in total. The minimum absolute atomic E-state index is 0.139. The van der Waals surface area contributed by atoms with Gasteiger partial charge in [-0.2, -0.15) is 0 Å². The molecule has 0 spiro atoms. The fraction of sp³-hybridized carbons (Fsp3) is 0.250. The van der Waals surface area contributed by atoms with Crippen molar-refractivity contribution in [3.63, 3.8) is 0 Å². The first-order valence-corrected chi connectivity index (χ1v) is 5.53. The van der Waals surface area contributed by atoms with Gasteiger partial charge in [-0.15, -0.1) is 0 Å². The Morgan fingerprint density at radius 3 is 2.80 bits per heavy atom. The molecule has 0 radical (unpaired) electrons. The lowest BCUT2D eigenvalue weighted by molar-refractivity contribution is -0.384. The van der Waals surface area contributed by atoms with E-state index in [0.29, 0.717) is 5.56 Å². The van der Waals surface area contributed by atoms with Gasteiger partial charge < -0.3 is 10.4 Å². The quantitative estimate of drug-likeness (QED) is 0.469. The van der Waals surface area contributed by atoms with E-state index in [0.717, 1.165) is 6.08 Å². The van der Waals surface area contributed by atoms with E-state index in [1.165, 1.54) is 30.3 Å². The number of nitrogens with zero attached hydrogens (tertiary/aromatic N) is 1. The minimum Gasteiger partial charge on any atom is -0.390 e. The molecule has 0 saturated heterocycles. The minimum atomic E-state index is -3.38. The van der Waals surface area contributed by atoms with Crippen LogP contribution < -0.4 is 5.32 Å². The number of hydrogen-bond acceptors (Lipinski definition) is 4. The number of rotatable bonds is 6. The van der Waals surface area contributed by atoms with Crippen LogP contribution in [0.15, 0.2) is 30.3 Å². The van der Waals surface area contributed by atoms with Crippen LogP contribution in [0.3, 0.4) is 0 Å². The van der Waals surface area contributed by atoms with Gasteiger partial charge in [0, 0.05) is 18.2 Å². The number of hydrogen-bond donors (Lipinski definition) is 2. The maximum atomic E-state index is 12.7. The lowest BCUT2D eigenvalue weighted by Crippen LogP contribution is -2.38. The summed E-state index contributed by atoms with van der Waals surface area (Å²) in [6.07, 6.45) is 2.24. The molecule has 0 aromatic heterocycles. The highest BCUT2D eigenvalue weighted by molar-refractivity contribution is 5.91. The smallest absolute Gasteiger partial charge is 0.287 e. The van der Waals surface area contributed by atoms with Crippen molar-refractivity contribution in [3.05, 3.63) is 46.0 Å². The van der Waals surface area contributed by atoms with Crippen molar-refractivity contribution in [3.8, 4) is 0 Å². The number of halogens is 2. The first-order chi connectivity index (χ1) is 9.34. The van der Waals surface area contributed by atoms with E-state index < -0.39 is 29.9 Å². The first-order valence-electron chi connectivity index (χ1n) is 5.53. The number of nitro benzene ring substituents is 1. The van der Waals surface area contributed by atoms with Crippen LogP contribution in [0.1, 0.15) is 5.56 Å². The summed E-state index contributed by atoms with van der Waals surface area (Å²) in [6, 6.07) is 5.50. The lowest BCUT2D eigenvalue weighted by Gasteiger charge is -2.12. The summed E-state index contributed by atoms with van der Waals surface area (Å²) < 4.78 is 25.3. The van der Waals surface area contributed by atoms with Crippen molar-refractivity contribution >= 4 is 17.7 Å². The third-order valence-corrected chi connectivity index (χ3v) is 2.26. The Morgan fingerprint density at radius 1 is 1.50 bits per heavy atom. The second-order valence-corrected chi connectivity index (χ2v) is 3.92. The maximum absolute atomic E-state index is 12.7. The van der Waals surface area contributed by atoms with Gasteiger partial charge in [-0.1, -0.05) is 12.1 Å². The Morgan fingerprint density at radius 2 is 2.20 bits per heavy atom. The molecule has 0 bridgehead atoms. The van der Waals surface area contributed by atoms with Crippen LogP contribution in [-0.4, -0.2) is 35.0 Å². The van der Waals surface area contributed by atoms with Crippen molar-refractivity contribution in [1.29, 1.82) is 0 Å². The van der Waals surface area contributed by atoms with Gasteiger partial charge in [0.2, 0.25) is 5.91 Å². The van der Waals surface area contributed by atoms with Crippen molar-refractivity contribution in [1.82, 2.24) is 5.32 Å². The maximum Gasteiger partial charge on any atom is 0.287 e. The summed E-state index contributed by atoms with van der Waals surface area (Å²) >= 11 is 0. The Kier molecular flexibility index (Phi) is 5.27. The molecule has 0 fully saturated rings. The molecule has 0 atom stereocenters. The highest BCUT2D eigenvalue weighted by Crippen LogP contribution is 2.14. The summed E-state index contributed by atoms with van der Waals surface area (Å²) in [5, 5.41) is 20.8. The zero-order valence-corrected chi connectivity index (χ0v) is 10.3. The van der Waals surface area contributed by atoms with E-state index in [-0.39, 0.29) is 5.69 Å². The molecule has 1 aromatic carbocycles. The van der Waals surface area contributed by atoms with Gasteiger partial charge >= 0.3 is 0 Å². The van der Waals surface area contributed by atoms with Crippen molar-refractivity contribution in [2.75, 3.05) is 13.2 Å². The van der Waals surface area contributed by atoms with E-state index in [2.05, 4.69) is 0 Å². The van der Waals surface area contributed by atoms with Crippen LogP contribution in [0.2, 0.25) is 0 Å². The van der Waals surface area contributed by atoms with Gasteiger partial charge in [0.1, 0.15) is 6.61 Å². The predicted molar refractivity (Wildman–Crippen MR) is 67.2 cm³/mol. The standard InChI is InChI=1S/C12H12F2N2O4/c13-12(14,8-17)7-15-11(18)5-4-9-2-1-3-10(6-9)16(19)20/h1-6,17H,7-8H2,(H,15,18)/b5-4+. The molecule has 0 aliphatic carbocycles. The topological polar surface area (TPSA) is 92.5 Å². The first kappa shape index (κ1) is 15.7. The zero-order valence-electron chi connectivity index (χ0n) is 10.3. The predicted octanol–water partition coefficient (Wildman–Crippen LogP) is 1.35. The van der Waals surface area contributed by atoms with Gasteiger partial charge in [-0.25, -0.2) is 8.78 Å². The number of aliphatic hydroxyl groups excluding tert-OH is 1. The zero-order chi connectivity index (χ0) is 15.2. The molecule has 0 aliphatic rings. The fourth-order valence-corrected chi connectivity index (χ4v) is 1.25. The fourth-order valence-electron chi connectivity index (χ4n) is 1.25. The number of alkyl halides is 2. The van der Waals surface area contributed by atoms with Gasteiger partial charge in [0.25, 0.3) is 11.6 Å². The number of non-ortho nitro benzene ring substituents is 1. The molecule has 2 N–H and O–H groups in total. The summed E-state index contributed by atoms with van der Waals surface area (Å²) in [4.78, 5) is 21.2. The Hall–Kier alpha value is -2.35. The number of aliphatic hydroxyl groups is 1. The van der Waals surface area contributed by atoms with E-state index in [1.807, 2.05) is 5.32 Å². The van der Waals surface area contributed by atoms with Gasteiger partial charge in [-0.3, -0.25) is 14.9 Å². The number of nitro groups is 1. The molecule has 1 rings (SSSR count). The lowest BCUT2D eigenvalue weighted by atomic mass is 10.2. The molecule has 1 aromatic rings. The van der Waals surface area contributed by atoms with Crippen LogP contribution in [0.4, 0.5) is 14.5 Å². The molecule has 20 heavy (non-hydrogen) atoms. The normalized spacial score (nSPS) is 11.6. The second-order valence-electron chi connectivity index (χ2n) is 3.92. The van der Waals surface area contributed by atoms with E-state index in [1.54, 1.807) is 0 Å². The number of nitrogens with one attached hydrogen (secondary N) is 1. The number of benzene rings is 1. The molecule has 0 unspecified atom stereocenters. The highest BCUT2D eigenvalue weighted by atomic mass is 19.3. The van der Waals surface area contributed by atoms with Crippen LogP contribution in [0, 0.1) is 10.1 Å². The average Bonchev–Trinajstić information content (AvgIpc) is 2.43. The molecule has 108 valence electrons. The van der Waals surface area contributed by atoms with Crippen LogP contribution in [-0.2, 0) is 4.79 Å². The third-order valence-electron chi connectivity index (χ3n) is 2.26. The molecule has 0 heterocycles. The number of amides is 1. The number of carbonyl (C=O) groups is 1. The third kappa shape index (κ3) is 5.11. The van der Waals surface area contributed by atoms with Crippen molar-refractivity contribution < 1.29 is 23.6 Å². The Balaban J connectivity index is 2.61. The summed E-state index contributed by atoms with van der Waals surface area (Å²) in [6.45, 7) is -2.34. The van der Waals surface area contributed by atoms with Crippen molar-refractivity contribution in [2.24, 2.45) is 0 Å². The van der Waals surface area contributed by atoms with Gasteiger partial charge in [0.15, 0.2) is 0 Å². The molecule has 1 amide bonds. The molecule has 8 heteroatoms. The Labute approximate surface area is 112 Å². The van der Waals surface area contributed by atoms with E-state index in [4.69, 9.17) is 5.11 Å². The van der Waals surface area contributed by atoms with E-state index >= 15 is 0 Å². The summed E-state index contributed by atoms with van der Waals surface area (Å²) in [7, 11) is 0. The van der Waals surface area contributed by atoms with E-state index in [9.17, 15) is 23.7 Å². The summed E-state index contributed by atoms with van der Waals surface area (Å²) in [5.74, 6) is -4.17. The molecular formula is C12H12F2N2O4. The average molecular weight is 286 g/mol. The van der Waals surface area contributed by atoms with Crippen LogP contribution in [0.5, 0.6) is 0 Å². The largest absolute Gasteiger partial charge is 0.390 e. The second kappa shape index (κ2) is 6.71. The van der Waals surface area contributed by atoms with Crippen LogP contribution >= 0.6 is 0 Å². The molecule has 0 saturated carbocycles. The Bertz CT molecular complexity index is 532. The van der Waals surface area contributed by atoms with Crippen LogP contribution in [0.25, 0.3) is 6.08 Å².